The zero-order valence-electron chi connectivity index (χ0n) is 21.8. The van der Waals surface area contributed by atoms with Gasteiger partial charge in [-0.2, -0.15) is 0 Å². The van der Waals surface area contributed by atoms with Gasteiger partial charge < -0.3 is 9.47 Å². The fourth-order valence-electron chi connectivity index (χ4n) is 5.53. The van der Waals surface area contributed by atoms with Crippen molar-refractivity contribution in [2.45, 2.75) is 42.7 Å². The number of benzene rings is 3. The number of fused-ring (bicyclic) bond motifs is 1. The smallest absolute Gasteiger partial charge is 0.241 e. The van der Waals surface area contributed by atoms with E-state index in [1.807, 2.05) is 42.1 Å². The summed E-state index contributed by atoms with van der Waals surface area (Å²) in [6, 6.07) is 17.9. The SMILES string of the molecule is Cn1ccnc1CN(C(=O)[C@@H]1C[C@H]1c1cccc(F)c1)c1ccc2c(c1)[C@H](NS(=O)(=O)c1cccc(Cl)c1)CC2. The molecule has 2 aliphatic rings. The van der Waals surface area contributed by atoms with Crippen LogP contribution in [0, 0.1) is 11.7 Å². The van der Waals surface area contributed by atoms with Crippen LogP contribution in [-0.2, 0) is 34.8 Å². The summed E-state index contributed by atoms with van der Waals surface area (Å²) in [6.07, 6.45) is 5.49. The second-order valence-electron chi connectivity index (χ2n) is 10.4. The van der Waals surface area contributed by atoms with Crippen LogP contribution in [0.25, 0.3) is 0 Å². The van der Waals surface area contributed by atoms with Crippen molar-refractivity contribution >= 4 is 33.2 Å². The van der Waals surface area contributed by atoms with E-state index in [1.165, 1.54) is 24.3 Å². The maximum absolute atomic E-state index is 13.9. The van der Waals surface area contributed by atoms with Crippen molar-refractivity contribution in [1.82, 2.24) is 14.3 Å². The first kappa shape index (κ1) is 26.7. The molecule has 0 unspecified atom stereocenters. The molecule has 6 rings (SSSR count). The molecule has 1 saturated carbocycles. The lowest BCUT2D eigenvalue weighted by molar-refractivity contribution is -0.120. The molecule has 1 aromatic heterocycles. The van der Waals surface area contributed by atoms with E-state index in [1.54, 1.807) is 29.3 Å². The van der Waals surface area contributed by atoms with E-state index in [2.05, 4.69) is 9.71 Å². The molecule has 0 aliphatic heterocycles. The van der Waals surface area contributed by atoms with E-state index >= 15 is 0 Å². The second kappa shape index (κ2) is 10.5. The van der Waals surface area contributed by atoms with Gasteiger partial charge in [-0.25, -0.2) is 22.5 Å². The Kier molecular flexibility index (Phi) is 6.98. The van der Waals surface area contributed by atoms with E-state index in [0.717, 1.165) is 28.9 Å². The minimum absolute atomic E-state index is 0.0428. The van der Waals surface area contributed by atoms with Gasteiger partial charge in [-0.15, -0.1) is 0 Å². The highest BCUT2D eigenvalue weighted by molar-refractivity contribution is 7.89. The van der Waals surface area contributed by atoms with Gasteiger partial charge in [0, 0.05) is 42.1 Å². The van der Waals surface area contributed by atoms with Gasteiger partial charge >= 0.3 is 0 Å². The highest BCUT2D eigenvalue weighted by atomic mass is 35.5. The quantitative estimate of drug-likeness (QED) is 0.299. The number of nitrogens with zero attached hydrogens (tertiary/aromatic N) is 3. The number of amides is 1. The molecule has 4 aromatic rings. The van der Waals surface area contributed by atoms with Crippen LogP contribution in [0.3, 0.4) is 0 Å². The van der Waals surface area contributed by atoms with Crippen LogP contribution in [0.1, 0.15) is 47.3 Å². The number of halogens is 2. The summed E-state index contributed by atoms with van der Waals surface area (Å²) in [5, 5.41) is 0.344. The number of sulfonamides is 1. The molecule has 1 heterocycles. The molecule has 0 bridgehead atoms. The summed E-state index contributed by atoms with van der Waals surface area (Å²) < 4.78 is 44.8. The highest BCUT2D eigenvalue weighted by Crippen LogP contribution is 2.49. The summed E-state index contributed by atoms with van der Waals surface area (Å²) in [6.45, 7) is 0.256. The standard InChI is InChI=1S/C30H28ClFN4O3S/c1-35-13-12-33-29(35)18-36(30(37)27-17-25(27)20-4-2-6-22(32)14-20)23-10-8-19-9-11-28(26(19)16-23)34-40(38,39)24-7-3-5-21(31)15-24/h2-8,10,12-16,25,27-28,34H,9,11,17-18H2,1H3/t25-,27+,28+/m0/s1. The van der Waals surface area contributed by atoms with Gasteiger partial charge in [0.25, 0.3) is 0 Å². The average molecular weight is 579 g/mol. The second-order valence-corrected chi connectivity index (χ2v) is 12.6. The van der Waals surface area contributed by atoms with Crippen LogP contribution in [0.15, 0.2) is 84.0 Å². The van der Waals surface area contributed by atoms with Gasteiger partial charge in [0.1, 0.15) is 11.6 Å². The van der Waals surface area contributed by atoms with Gasteiger partial charge in [-0.05, 0) is 84.3 Å². The van der Waals surface area contributed by atoms with E-state index in [4.69, 9.17) is 11.6 Å². The molecule has 7 nitrogen and oxygen atoms in total. The number of carbonyl (C=O) groups is 1. The first-order valence-electron chi connectivity index (χ1n) is 13.1. The normalized spacial score (nSPS) is 19.8. The number of hydrogen-bond acceptors (Lipinski definition) is 4. The number of nitrogens with one attached hydrogen (secondary N) is 1. The molecule has 0 saturated heterocycles. The number of anilines is 1. The minimum Gasteiger partial charge on any atom is -0.337 e. The fraction of sp³-hybridized carbons (Fsp3) is 0.267. The van der Waals surface area contributed by atoms with Crippen molar-refractivity contribution in [2.24, 2.45) is 13.0 Å². The molecule has 3 aromatic carbocycles. The molecule has 206 valence electrons. The molecule has 0 radical (unpaired) electrons. The molecule has 3 atom stereocenters. The van der Waals surface area contributed by atoms with Crippen LogP contribution in [0.4, 0.5) is 10.1 Å². The Morgan fingerprint density at radius 2 is 1.98 bits per heavy atom. The van der Waals surface area contributed by atoms with Crippen molar-refractivity contribution in [3.05, 3.63) is 112 Å². The largest absolute Gasteiger partial charge is 0.337 e. The summed E-state index contributed by atoms with van der Waals surface area (Å²) in [5.74, 6) is 0.0258. The predicted molar refractivity (Wildman–Crippen MR) is 151 cm³/mol. The molecule has 1 N–H and O–H groups in total. The van der Waals surface area contributed by atoms with Crippen LogP contribution >= 0.6 is 11.6 Å². The molecule has 10 heteroatoms. The van der Waals surface area contributed by atoms with Crippen LogP contribution in [-0.4, -0.2) is 23.9 Å². The van der Waals surface area contributed by atoms with Gasteiger partial charge in [0.2, 0.25) is 15.9 Å². The predicted octanol–water partition coefficient (Wildman–Crippen LogP) is 5.52. The van der Waals surface area contributed by atoms with Crippen LogP contribution in [0.5, 0.6) is 0 Å². The number of hydrogen-bond donors (Lipinski definition) is 1. The lowest BCUT2D eigenvalue weighted by Gasteiger charge is -2.25. The zero-order chi connectivity index (χ0) is 28.0. The fourth-order valence-corrected chi connectivity index (χ4v) is 7.08. The Labute approximate surface area is 237 Å². The van der Waals surface area contributed by atoms with Gasteiger partial charge in [-0.3, -0.25) is 4.79 Å². The van der Waals surface area contributed by atoms with E-state index in [-0.39, 0.29) is 35.0 Å². The Morgan fingerprint density at radius 1 is 1.15 bits per heavy atom. The maximum Gasteiger partial charge on any atom is 0.241 e. The lowest BCUT2D eigenvalue weighted by atomic mass is 10.1. The molecular weight excluding hydrogens is 551 g/mol. The Balaban J connectivity index is 1.30. The Hall–Kier alpha value is -3.53. The van der Waals surface area contributed by atoms with Crippen LogP contribution in [0.2, 0.25) is 5.02 Å². The summed E-state index contributed by atoms with van der Waals surface area (Å²) in [4.78, 5) is 20.2. The number of carbonyl (C=O) groups excluding carboxylic acids is 1. The van der Waals surface area contributed by atoms with E-state index in [0.29, 0.717) is 23.6 Å². The molecule has 0 spiro atoms. The first-order chi connectivity index (χ1) is 19.2. The summed E-state index contributed by atoms with van der Waals surface area (Å²) >= 11 is 6.04. The van der Waals surface area contributed by atoms with Gasteiger partial charge in [0.15, 0.2) is 0 Å². The van der Waals surface area contributed by atoms with Crippen LogP contribution < -0.4 is 9.62 Å². The third-order valence-electron chi connectivity index (χ3n) is 7.79. The molecular formula is C30H28ClFN4O3S. The first-order valence-corrected chi connectivity index (χ1v) is 15.0. The molecule has 2 aliphatic carbocycles. The van der Waals surface area contributed by atoms with Crippen molar-refractivity contribution < 1.29 is 17.6 Å². The number of aromatic nitrogens is 2. The van der Waals surface area contributed by atoms with Crippen molar-refractivity contribution in [3.63, 3.8) is 0 Å². The van der Waals surface area contributed by atoms with E-state index < -0.39 is 16.1 Å². The van der Waals surface area contributed by atoms with E-state index in [9.17, 15) is 17.6 Å². The van der Waals surface area contributed by atoms with Crippen molar-refractivity contribution in [1.29, 1.82) is 0 Å². The average Bonchev–Trinajstić information content (AvgIpc) is 3.50. The Bertz CT molecular complexity index is 1710. The third-order valence-corrected chi connectivity index (χ3v) is 9.50. The maximum atomic E-state index is 13.9. The topological polar surface area (TPSA) is 84.3 Å². The third kappa shape index (κ3) is 5.29. The summed E-state index contributed by atoms with van der Waals surface area (Å²) in [5.41, 5.74) is 3.37. The minimum atomic E-state index is -3.81. The molecule has 1 amide bonds. The molecule has 1 fully saturated rings. The number of aryl methyl sites for hydroxylation is 2. The number of rotatable bonds is 8. The zero-order valence-corrected chi connectivity index (χ0v) is 23.4. The van der Waals surface area contributed by atoms with Gasteiger partial charge in [-0.1, -0.05) is 35.9 Å². The summed E-state index contributed by atoms with van der Waals surface area (Å²) in [7, 11) is -1.93. The van der Waals surface area contributed by atoms with Gasteiger partial charge in [0.05, 0.1) is 11.4 Å². The molecule has 40 heavy (non-hydrogen) atoms. The lowest BCUT2D eigenvalue weighted by Crippen LogP contribution is -2.33. The highest BCUT2D eigenvalue weighted by Gasteiger charge is 2.46. The van der Waals surface area contributed by atoms with Crippen molar-refractivity contribution in [2.75, 3.05) is 4.90 Å². The Morgan fingerprint density at radius 3 is 2.73 bits per heavy atom. The monoisotopic (exact) mass is 578 g/mol. The number of imidazole rings is 1. The van der Waals surface area contributed by atoms with Crippen molar-refractivity contribution in [3.8, 4) is 0 Å².